The van der Waals surface area contributed by atoms with E-state index in [1.54, 1.807) is 0 Å². The molecule has 2 nitrogen and oxygen atoms in total. The lowest BCUT2D eigenvalue weighted by atomic mass is 10.1. The summed E-state index contributed by atoms with van der Waals surface area (Å²) in [4.78, 5) is 0. The molecule has 0 saturated heterocycles. The van der Waals surface area contributed by atoms with E-state index in [0.29, 0.717) is 11.6 Å². The van der Waals surface area contributed by atoms with Crippen LogP contribution in [0.4, 0.5) is 0 Å². The minimum atomic E-state index is 0.105. The van der Waals surface area contributed by atoms with Crippen LogP contribution in [0.5, 0.6) is 5.75 Å². The Balaban J connectivity index is 2.61. The third-order valence-corrected chi connectivity index (χ3v) is 2.69. The van der Waals surface area contributed by atoms with Crippen LogP contribution in [0.2, 0.25) is 5.02 Å². The monoisotopic (exact) mass is 267 g/mol. The fraction of sp³-hybridized carbons (Fsp3) is 0.467. The van der Waals surface area contributed by atoms with Crippen molar-refractivity contribution in [2.75, 3.05) is 6.61 Å². The van der Waals surface area contributed by atoms with Crippen molar-refractivity contribution in [2.24, 2.45) is 0 Å². The summed E-state index contributed by atoms with van der Waals surface area (Å²) in [5.74, 6) is 0.731. The van der Waals surface area contributed by atoms with Crippen LogP contribution in [0, 0.1) is 0 Å². The van der Waals surface area contributed by atoms with Crippen LogP contribution in [0.15, 0.2) is 30.4 Å². The maximum absolute atomic E-state index is 6.18. The van der Waals surface area contributed by atoms with Gasteiger partial charge in [-0.3, -0.25) is 0 Å². The molecule has 1 aromatic carbocycles. The average Bonchev–Trinajstić information content (AvgIpc) is 2.28. The van der Waals surface area contributed by atoms with Crippen molar-refractivity contribution in [3.05, 3.63) is 40.9 Å². The molecule has 0 unspecified atom stereocenters. The number of halogens is 1. The lowest BCUT2D eigenvalue weighted by molar-refractivity contribution is 0.362. The van der Waals surface area contributed by atoms with E-state index in [2.05, 4.69) is 26.1 Å². The maximum atomic E-state index is 6.18. The largest absolute Gasteiger partial charge is 0.488 e. The Morgan fingerprint density at radius 2 is 2.06 bits per heavy atom. The third-order valence-electron chi connectivity index (χ3n) is 2.39. The number of benzene rings is 1. The van der Waals surface area contributed by atoms with Gasteiger partial charge in [0.15, 0.2) is 0 Å². The first-order chi connectivity index (χ1) is 8.42. The minimum absolute atomic E-state index is 0.105. The summed E-state index contributed by atoms with van der Waals surface area (Å²) >= 11 is 6.18. The quantitative estimate of drug-likeness (QED) is 0.808. The Labute approximate surface area is 115 Å². The van der Waals surface area contributed by atoms with Gasteiger partial charge in [-0.05, 0) is 45.4 Å². The van der Waals surface area contributed by atoms with E-state index < -0.39 is 0 Å². The van der Waals surface area contributed by atoms with Gasteiger partial charge >= 0.3 is 0 Å². The SMILES string of the molecule is CC=CCOc1ccc(CNC(C)(C)C)cc1Cl. The highest BCUT2D eigenvalue weighted by Gasteiger charge is 2.09. The molecule has 3 heteroatoms. The summed E-state index contributed by atoms with van der Waals surface area (Å²) in [5.41, 5.74) is 1.27. The van der Waals surface area contributed by atoms with Crippen LogP contribution in [0.3, 0.4) is 0 Å². The average molecular weight is 268 g/mol. The van der Waals surface area contributed by atoms with Crippen LogP contribution in [-0.2, 0) is 6.54 Å². The first-order valence-electron chi connectivity index (χ1n) is 6.20. The van der Waals surface area contributed by atoms with Gasteiger partial charge in [0.2, 0.25) is 0 Å². The second kappa shape index (κ2) is 6.81. The van der Waals surface area contributed by atoms with Crippen LogP contribution >= 0.6 is 11.6 Å². The molecule has 0 saturated carbocycles. The molecule has 0 radical (unpaired) electrons. The first-order valence-corrected chi connectivity index (χ1v) is 6.57. The van der Waals surface area contributed by atoms with Gasteiger partial charge in [-0.25, -0.2) is 0 Å². The molecule has 0 aliphatic heterocycles. The molecule has 100 valence electrons. The summed E-state index contributed by atoms with van der Waals surface area (Å²) in [6.45, 7) is 9.75. The van der Waals surface area contributed by atoms with Crippen molar-refractivity contribution < 1.29 is 4.74 Å². The highest BCUT2D eigenvalue weighted by Crippen LogP contribution is 2.25. The molecule has 1 N–H and O–H groups in total. The van der Waals surface area contributed by atoms with Crippen LogP contribution in [0.25, 0.3) is 0 Å². The van der Waals surface area contributed by atoms with Gasteiger partial charge in [0.25, 0.3) is 0 Å². The standard InChI is InChI=1S/C15H22ClNO/c1-5-6-9-18-14-8-7-12(10-13(14)16)11-17-15(2,3)4/h5-8,10,17H,9,11H2,1-4H3. The van der Waals surface area contributed by atoms with Crippen molar-refractivity contribution in [2.45, 2.75) is 39.8 Å². The number of allylic oxidation sites excluding steroid dienone is 1. The number of nitrogens with one attached hydrogen (secondary N) is 1. The molecule has 0 heterocycles. The number of rotatable bonds is 5. The van der Waals surface area contributed by atoms with Crippen molar-refractivity contribution >= 4 is 11.6 Å². The topological polar surface area (TPSA) is 21.3 Å². The number of hydrogen-bond donors (Lipinski definition) is 1. The highest BCUT2D eigenvalue weighted by molar-refractivity contribution is 6.32. The van der Waals surface area contributed by atoms with Crippen LogP contribution < -0.4 is 10.1 Å². The second-order valence-corrected chi connectivity index (χ2v) is 5.66. The summed E-state index contributed by atoms with van der Waals surface area (Å²) in [6.07, 6.45) is 3.90. The van der Waals surface area contributed by atoms with E-state index in [1.807, 2.05) is 37.3 Å². The highest BCUT2D eigenvalue weighted by atomic mass is 35.5. The van der Waals surface area contributed by atoms with Gasteiger partial charge in [-0.2, -0.15) is 0 Å². The number of hydrogen-bond acceptors (Lipinski definition) is 2. The van der Waals surface area contributed by atoms with Gasteiger partial charge in [0.05, 0.1) is 5.02 Å². The predicted octanol–water partition coefficient (Wildman–Crippen LogP) is 4.18. The van der Waals surface area contributed by atoms with Crippen molar-refractivity contribution in [3.63, 3.8) is 0 Å². The molecule has 0 aliphatic rings. The van der Waals surface area contributed by atoms with E-state index in [4.69, 9.17) is 16.3 Å². The van der Waals surface area contributed by atoms with Gasteiger partial charge in [-0.1, -0.05) is 29.8 Å². The lowest BCUT2D eigenvalue weighted by Crippen LogP contribution is -2.35. The second-order valence-electron chi connectivity index (χ2n) is 5.25. The fourth-order valence-corrected chi connectivity index (χ4v) is 1.63. The zero-order valence-electron chi connectivity index (χ0n) is 11.6. The summed E-state index contributed by atoms with van der Waals surface area (Å²) in [7, 11) is 0. The Hall–Kier alpha value is -0.990. The smallest absolute Gasteiger partial charge is 0.138 e. The fourth-order valence-electron chi connectivity index (χ4n) is 1.37. The molecular weight excluding hydrogens is 246 g/mol. The van der Waals surface area contributed by atoms with Gasteiger partial charge < -0.3 is 10.1 Å². The molecule has 18 heavy (non-hydrogen) atoms. The van der Waals surface area contributed by atoms with Crippen molar-refractivity contribution in [1.82, 2.24) is 5.32 Å². The molecule has 0 fully saturated rings. The molecule has 0 bridgehead atoms. The van der Waals surface area contributed by atoms with Crippen LogP contribution in [0.1, 0.15) is 33.3 Å². The van der Waals surface area contributed by atoms with Gasteiger partial charge in [-0.15, -0.1) is 0 Å². The summed E-state index contributed by atoms with van der Waals surface area (Å²) in [5, 5.41) is 4.09. The first kappa shape index (κ1) is 15.1. The predicted molar refractivity (Wildman–Crippen MR) is 78.4 cm³/mol. The maximum Gasteiger partial charge on any atom is 0.138 e. The molecule has 0 atom stereocenters. The Morgan fingerprint density at radius 1 is 1.33 bits per heavy atom. The Bertz CT molecular complexity index is 407. The molecule has 0 aliphatic carbocycles. The molecule has 0 amide bonds. The zero-order valence-corrected chi connectivity index (χ0v) is 12.3. The van der Waals surface area contributed by atoms with Gasteiger partial charge in [0, 0.05) is 12.1 Å². The molecule has 1 aromatic rings. The van der Waals surface area contributed by atoms with Gasteiger partial charge in [0.1, 0.15) is 12.4 Å². The zero-order chi connectivity index (χ0) is 13.6. The Kier molecular flexibility index (Phi) is 5.70. The van der Waals surface area contributed by atoms with E-state index in [1.165, 1.54) is 0 Å². The van der Waals surface area contributed by atoms with E-state index in [9.17, 15) is 0 Å². The van der Waals surface area contributed by atoms with E-state index >= 15 is 0 Å². The summed E-state index contributed by atoms with van der Waals surface area (Å²) < 4.78 is 5.54. The third kappa shape index (κ3) is 5.56. The van der Waals surface area contributed by atoms with E-state index in [-0.39, 0.29) is 5.54 Å². The molecule has 0 aromatic heterocycles. The normalized spacial score (nSPS) is 12.1. The van der Waals surface area contributed by atoms with Crippen molar-refractivity contribution in [1.29, 1.82) is 0 Å². The number of ether oxygens (including phenoxy) is 1. The molecule has 0 spiro atoms. The molecular formula is C15H22ClNO. The lowest BCUT2D eigenvalue weighted by Gasteiger charge is -2.20. The summed E-state index contributed by atoms with van der Waals surface area (Å²) in [6, 6.07) is 5.91. The Morgan fingerprint density at radius 3 is 2.61 bits per heavy atom. The minimum Gasteiger partial charge on any atom is -0.488 e. The van der Waals surface area contributed by atoms with Crippen molar-refractivity contribution in [3.8, 4) is 5.75 Å². The van der Waals surface area contributed by atoms with Crippen LogP contribution in [-0.4, -0.2) is 12.1 Å². The van der Waals surface area contributed by atoms with E-state index in [0.717, 1.165) is 17.9 Å². The molecule has 1 rings (SSSR count).